The average molecular weight is 201 g/mol. The number of hydrogen-bond acceptors (Lipinski definition) is 3. The van der Waals surface area contributed by atoms with Gasteiger partial charge in [-0.1, -0.05) is 0 Å². The van der Waals surface area contributed by atoms with Gasteiger partial charge in [0.1, 0.15) is 0 Å². The van der Waals surface area contributed by atoms with Crippen LogP contribution in [0.2, 0.25) is 0 Å². The highest BCUT2D eigenvalue weighted by atomic mass is 16.5. The zero-order valence-corrected chi connectivity index (χ0v) is 9.42. The minimum Gasteiger partial charge on any atom is -0.382 e. The van der Waals surface area contributed by atoms with Crippen LogP contribution in [-0.2, 0) is 9.47 Å². The van der Waals surface area contributed by atoms with Gasteiger partial charge in [0, 0.05) is 25.9 Å². The highest BCUT2D eigenvalue weighted by Gasteiger charge is 2.23. The molecule has 14 heavy (non-hydrogen) atoms. The number of hydrogen-bond donors (Lipinski definition) is 1. The third kappa shape index (κ3) is 3.95. The van der Waals surface area contributed by atoms with E-state index in [1.54, 1.807) is 0 Å². The zero-order chi connectivity index (χ0) is 10.2. The maximum atomic E-state index is 5.40. The summed E-state index contributed by atoms with van der Waals surface area (Å²) in [4.78, 5) is 0. The summed E-state index contributed by atoms with van der Waals surface area (Å²) in [5.74, 6) is 0.710. The van der Waals surface area contributed by atoms with Gasteiger partial charge in [-0.3, -0.25) is 0 Å². The van der Waals surface area contributed by atoms with Crippen molar-refractivity contribution in [1.29, 1.82) is 0 Å². The third-order valence-corrected chi connectivity index (χ3v) is 2.91. The molecule has 0 aromatic carbocycles. The van der Waals surface area contributed by atoms with E-state index >= 15 is 0 Å². The topological polar surface area (TPSA) is 30.5 Å². The van der Waals surface area contributed by atoms with E-state index in [-0.39, 0.29) is 0 Å². The monoisotopic (exact) mass is 201 g/mol. The lowest BCUT2D eigenvalue weighted by atomic mass is 9.95. The Morgan fingerprint density at radius 1 is 1.57 bits per heavy atom. The Hall–Kier alpha value is -0.120. The van der Waals surface area contributed by atoms with Crippen molar-refractivity contribution in [2.24, 2.45) is 5.92 Å². The van der Waals surface area contributed by atoms with Gasteiger partial charge in [0.05, 0.1) is 6.61 Å². The average Bonchev–Trinajstić information content (AvgIpc) is 2.71. The third-order valence-electron chi connectivity index (χ3n) is 2.91. The molecule has 2 atom stereocenters. The van der Waals surface area contributed by atoms with Crippen molar-refractivity contribution in [3.63, 3.8) is 0 Å². The van der Waals surface area contributed by atoms with Crippen LogP contribution < -0.4 is 5.32 Å². The lowest BCUT2D eigenvalue weighted by Crippen LogP contribution is -2.34. The summed E-state index contributed by atoms with van der Waals surface area (Å²) >= 11 is 0. The molecule has 0 saturated carbocycles. The van der Waals surface area contributed by atoms with E-state index in [0.717, 1.165) is 32.8 Å². The second kappa shape index (κ2) is 7.21. The molecule has 2 unspecified atom stereocenters. The second-order valence-corrected chi connectivity index (χ2v) is 3.86. The van der Waals surface area contributed by atoms with Gasteiger partial charge in [-0.2, -0.15) is 0 Å². The Morgan fingerprint density at radius 3 is 3.00 bits per heavy atom. The molecule has 1 aliphatic rings. The van der Waals surface area contributed by atoms with Crippen LogP contribution in [0.5, 0.6) is 0 Å². The van der Waals surface area contributed by atoms with Crippen LogP contribution in [-0.4, -0.2) is 39.5 Å². The van der Waals surface area contributed by atoms with Gasteiger partial charge in [-0.15, -0.1) is 0 Å². The van der Waals surface area contributed by atoms with Gasteiger partial charge < -0.3 is 14.8 Å². The van der Waals surface area contributed by atoms with E-state index < -0.39 is 0 Å². The van der Waals surface area contributed by atoms with E-state index in [2.05, 4.69) is 5.32 Å². The lowest BCUT2D eigenvalue weighted by molar-refractivity contribution is 0.135. The molecule has 3 nitrogen and oxygen atoms in total. The first kappa shape index (κ1) is 12.0. The van der Waals surface area contributed by atoms with Crippen LogP contribution in [0.15, 0.2) is 0 Å². The maximum Gasteiger partial charge on any atom is 0.0509 e. The molecule has 0 aromatic heterocycles. The molecule has 1 N–H and O–H groups in total. The lowest BCUT2D eigenvalue weighted by Gasteiger charge is -2.21. The van der Waals surface area contributed by atoms with Crippen LogP contribution in [0, 0.1) is 5.92 Å². The van der Waals surface area contributed by atoms with E-state index in [4.69, 9.17) is 9.47 Å². The first-order valence-electron chi connectivity index (χ1n) is 5.71. The predicted octanol–water partition coefficient (Wildman–Crippen LogP) is 1.43. The minimum absolute atomic E-state index is 0.609. The zero-order valence-electron chi connectivity index (χ0n) is 9.42. The van der Waals surface area contributed by atoms with Gasteiger partial charge in [-0.25, -0.2) is 0 Å². The Morgan fingerprint density at radius 2 is 2.43 bits per heavy atom. The number of nitrogens with one attached hydrogen (secondary N) is 1. The molecular weight excluding hydrogens is 178 g/mol. The van der Waals surface area contributed by atoms with Crippen LogP contribution >= 0.6 is 0 Å². The van der Waals surface area contributed by atoms with E-state index in [1.165, 1.54) is 12.8 Å². The summed E-state index contributed by atoms with van der Waals surface area (Å²) in [7, 11) is 2.05. The van der Waals surface area contributed by atoms with Gasteiger partial charge in [0.2, 0.25) is 0 Å². The van der Waals surface area contributed by atoms with Crippen molar-refractivity contribution in [2.75, 3.05) is 33.5 Å². The fraction of sp³-hybridized carbons (Fsp3) is 1.00. The molecule has 0 bridgehead atoms. The molecule has 1 fully saturated rings. The molecule has 0 aromatic rings. The van der Waals surface area contributed by atoms with Gasteiger partial charge in [-0.05, 0) is 39.2 Å². The smallest absolute Gasteiger partial charge is 0.0509 e. The molecule has 84 valence electrons. The normalized spacial score (nSPS) is 24.0. The van der Waals surface area contributed by atoms with Crippen molar-refractivity contribution >= 4 is 0 Å². The molecule has 1 aliphatic heterocycles. The van der Waals surface area contributed by atoms with Crippen molar-refractivity contribution < 1.29 is 9.47 Å². The largest absolute Gasteiger partial charge is 0.382 e. The van der Waals surface area contributed by atoms with Gasteiger partial charge in [0.15, 0.2) is 0 Å². The molecular formula is C11H23NO2. The summed E-state index contributed by atoms with van der Waals surface area (Å²) in [5.41, 5.74) is 0. The fourth-order valence-electron chi connectivity index (χ4n) is 2.04. The predicted molar refractivity (Wildman–Crippen MR) is 57.5 cm³/mol. The number of ether oxygens (including phenoxy) is 2. The van der Waals surface area contributed by atoms with Crippen molar-refractivity contribution in [2.45, 2.75) is 32.2 Å². The minimum atomic E-state index is 0.609. The Balaban J connectivity index is 2.11. The second-order valence-electron chi connectivity index (χ2n) is 3.86. The summed E-state index contributed by atoms with van der Waals surface area (Å²) in [6.45, 7) is 5.63. The highest BCUT2D eigenvalue weighted by molar-refractivity contribution is 4.78. The first-order valence-corrected chi connectivity index (χ1v) is 5.71. The van der Waals surface area contributed by atoms with Crippen molar-refractivity contribution in [3.8, 4) is 0 Å². The van der Waals surface area contributed by atoms with Crippen LogP contribution in [0.3, 0.4) is 0 Å². The van der Waals surface area contributed by atoms with E-state index in [0.29, 0.717) is 12.0 Å². The Kier molecular flexibility index (Phi) is 6.15. The van der Waals surface area contributed by atoms with Crippen LogP contribution in [0.1, 0.15) is 26.2 Å². The van der Waals surface area contributed by atoms with Crippen molar-refractivity contribution in [1.82, 2.24) is 5.32 Å². The maximum absolute atomic E-state index is 5.40. The Labute approximate surface area is 87.2 Å². The number of rotatable bonds is 7. The molecule has 0 radical (unpaired) electrons. The molecule has 0 spiro atoms. The van der Waals surface area contributed by atoms with Crippen LogP contribution in [0.25, 0.3) is 0 Å². The standard InChI is InChI=1S/C11H23NO2/c1-3-13-7-4-5-11(12-2)10-6-8-14-9-10/h10-12H,3-9H2,1-2H3. The van der Waals surface area contributed by atoms with E-state index in [1.807, 2.05) is 14.0 Å². The summed E-state index contributed by atoms with van der Waals surface area (Å²) in [5, 5.41) is 3.39. The molecule has 1 rings (SSSR count). The fourth-order valence-corrected chi connectivity index (χ4v) is 2.04. The summed E-state index contributed by atoms with van der Waals surface area (Å²) in [6, 6.07) is 0.609. The molecule has 0 aliphatic carbocycles. The summed E-state index contributed by atoms with van der Waals surface area (Å²) in [6.07, 6.45) is 3.56. The first-order chi connectivity index (χ1) is 6.88. The molecule has 1 heterocycles. The summed E-state index contributed by atoms with van der Waals surface area (Å²) < 4.78 is 10.7. The van der Waals surface area contributed by atoms with Crippen LogP contribution in [0.4, 0.5) is 0 Å². The van der Waals surface area contributed by atoms with Gasteiger partial charge >= 0.3 is 0 Å². The quantitative estimate of drug-likeness (QED) is 0.632. The molecule has 0 amide bonds. The Bertz CT molecular complexity index is 135. The van der Waals surface area contributed by atoms with Gasteiger partial charge in [0.25, 0.3) is 0 Å². The van der Waals surface area contributed by atoms with E-state index in [9.17, 15) is 0 Å². The molecule has 1 saturated heterocycles. The SMILES string of the molecule is CCOCCCC(NC)C1CCOC1. The molecule has 3 heteroatoms. The van der Waals surface area contributed by atoms with Crippen molar-refractivity contribution in [3.05, 3.63) is 0 Å². The highest BCUT2D eigenvalue weighted by Crippen LogP contribution is 2.19.